The molecule has 0 spiro atoms. The summed E-state index contributed by atoms with van der Waals surface area (Å²) in [5.41, 5.74) is 4.88. The van der Waals surface area contributed by atoms with E-state index in [4.69, 9.17) is 0 Å². The summed E-state index contributed by atoms with van der Waals surface area (Å²) in [6, 6.07) is 35.4. The van der Waals surface area contributed by atoms with Crippen LogP contribution in [0, 0.1) is 0 Å². The zero-order valence-corrected chi connectivity index (χ0v) is 19.2. The van der Waals surface area contributed by atoms with Gasteiger partial charge in [-0.25, -0.2) is 0 Å². The van der Waals surface area contributed by atoms with Gasteiger partial charge in [0.05, 0.1) is 12.8 Å². The lowest BCUT2D eigenvalue weighted by molar-refractivity contribution is -0.137. The van der Waals surface area contributed by atoms with Gasteiger partial charge in [0.2, 0.25) is 0 Å². The van der Waals surface area contributed by atoms with Crippen LogP contribution < -0.4 is 0 Å². The molecule has 0 fully saturated rings. The first-order valence-electron chi connectivity index (χ1n) is 11.8. The molecule has 5 rings (SSSR count). The molecule has 0 amide bonds. The molecule has 4 nitrogen and oxygen atoms in total. The van der Waals surface area contributed by atoms with E-state index in [1.807, 2.05) is 97.1 Å². The molecule has 2 unspecified atom stereocenters. The Bertz CT molecular complexity index is 1250. The molecule has 0 heterocycles. The second kappa shape index (κ2) is 9.22. The summed E-state index contributed by atoms with van der Waals surface area (Å²) < 4.78 is 0. The van der Waals surface area contributed by atoms with Crippen LogP contribution in [0.5, 0.6) is 0 Å². The molecule has 0 saturated carbocycles. The molecule has 1 aliphatic rings. The molecular weight excluding hydrogens is 436 g/mol. The minimum Gasteiger partial charge on any atom is -0.481 e. The smallest absolute Gasteiger partial charge is 0.304 e. The SMILES string of the molecule is O=C(O)CC(c1ccccc1)C1(C(CC(=O)O)c2ccccc2)c2ccccc2-c2ccccc21. The van der Waals surface area contributed by atoms with Gasteiger partial charge in [0, 0.05) is 17.3 Å². The highest BCUT2D eigenvalue weighted by molar-refractivity contribution is 5.84. The van der Waals surface area contributed by atoms with Crippen molar-refractivity contribution in [1.29, 1.82) is 0 Å². The number of fused-ring (bicyclic) bond motifs is 3. The molecule has 0 aliphatic heterocycles. The fourth-order valence-electron chi connectivity index (χ4n) is 6.10. The minimum absolute atomic E-state index is 0.129. The summed E-state index contributed by atoms with van der Waals surface area (Å²) in [4.78, 5) is 24.7. The summed E-state index contributed by atoms with van der Waals surface area (Å²) in [5, 5.41) is 20.3. The average Bonchev–Trinajstić information content (AvgIpc) is 3.18. The van der Waals surface area contributed by atoms with Crippen LogP contribution in [0.3, 0.4) is 0 Å². The molecule has 4 aromatic rings. The van der Waals surface area contributed by atoms with Crippen LogP contribution in [-0.2, 0) is 15.0 Å². The Labute approximate surface area is 204 Å². The van der Waals surface area contributed by atoms with Crippen molar-refractivity contribution in [2.24, 2.45) is 0 Å². The van der Waals surface area contributed by atoms with Crippen molar-refractivity contribution in [3.8, 4) is 11.1 Å². The summed E-state index contributed by atoms with van der Waals surface area (Å²) in [6.45, 7) is 0. The molecule has 0 aromatic heterocycles. The van der Waals surface area contributed by atoms with Crippen molar-refractivity contribution in [3.05, 3.63) is 131 Å². The minimum atomic E-state index is -0.915. The summed E-state index contributed by atoms with van der Waals surface area (Å²) in [6.07, 6.45) is -0.259. The molecule has 4 aromatic carbocycles. The molecule has 0 bridgehead atoms. The van der Waals surface area contributed by atoms with E-state index < -0.39 is 29.2 Å². The Morgan fingerprint density at radius 1 is 0.543 bits per heavy atom. The number of carbonyl (C=O) groups is 2. The maximum atomic E-state index is 12.4. The highest BCUT2D eigenvalue weighted by Crippen LogP contribution is 2.63. The van der Waals surface area contributed by atoms with E-state index in [1.54, 1.807) is 0 Å². The Hall–Kier alpha value is -4.18. The predicted molar refractivity (Wildman–Crippen MR) is 136 cm³/mol. The van der Waals surface area contributed by atoms with E-state index >= 15 is 0 Å². The predicted octanol–water partition coefficient (Wildman–Crippen LogP) is 6.47. The number of hydrogen-bond donors (Lipinski definition) is 2. The van der Waals surface area contributed by atoms with E-state index in [2.05, 4.69) is 12.1 Å². The van der Waals surface area contributed by atoms with Gasteiger partial charge in [-0.3, -0.25) is 9.59 Å². The Balaban J connectivity index is 1.93. The fraction of sp³-hybridized carbons (Fsp3) is 0.161. The van der Waals surface area contributed by atoms with Gasteiger partial charge in [-0.15, -0.1) is 0 Å². The van der Waals surface area contributed by atoms with Crippen molar-refractivity contribution < 1.29 is 19.8 Å². The van der Waals surface area contributed by atoms with Crippen LogP contribution in [0.1, 0.15) is 46.9 Å². The van der Waals surface area contributed by atoms with Crippen LogP contribution in [0.15, 0.2) is 109 Å². The van der Waals surface area contributed by atoms with Crippen molar-refractivity contribution in [3.63, 3.8) is 0 Å². The third-order valence-corrected chi connectivity index (χ3v) is 7.30. The molecule has 2 N–H and O–H groups in total. The lowest BCUT2D eigenvalue weighted by Crippen LogP contribution is -2.41. The van der Waals surface area contributed by atoms with Crippen LogP contribution in [-0.4, -0.2) is 22.2 Å². The summed E-state index contributed by atoms with van der Waals surface area (Å²) in [7, 11) is 0. The van der Waals surface area contributed by atoms with E-state index in [1.165, 1.54) is 0 Å². The second-order valence-electron chi connectivity index (χ2n) is 9.08. The topological polar surface area (TPSA) is 74.6 Å². The maximum absolute atomic E-state index is 12.4. The third-order valence-electron chi connectivity index (χ3n) is 7.30. The standard InChI is InChI=1S/C31H26O4/c32-29(33)19-27(21-11-3-1-4-12-21)31(28(20-30(34)35)22-13-5-2-6-14-22)25-17-9-7-15-23(25)24-16-8-10-18-26(24)31/h1-18,27-28H,19-20H2,(H,32,33)(H,34,35). The van der Waals surface area contributed by atoms with Crippen LogP contribution >= 0.6 is 0 Å². The molecule has 35 heavy (non-hydrogen) atoms. The van der Waals surface area contributed by atoms with Crippen molar-refractivity contribution in [2.75, 3.05) is 0 Å². The Morgan fingerprint density at radius 2 is 0.886 bits per heavy atom. The first-order valence-corrected chi connectivity index (χ1v) is 11.8. The summed E-state index contributed by atoms with van der Waals surface area (Å²) in [5.74, 6) is -2.81. The lowest BCUT2D eigenvalue weighted by atomic mass is 9.56. The van der Waals surface area contributed by atoms with Crippen LogP contribution in [0.2, 0.25) is 0 Å². The van der Waals surface area contributed by atoms with Gasteiger partial charge >= 0.3 is 11.9 Å². The molecule has 174 valence electrons. The number of benzene rings is 4. The number of hydrogen-bond acceptors (Lipinski definition) is 2. The summed E-state index contributed by atoms with van der Waals surface area (Å²) >= 11 is 0. The van der Waals surface area contributed by atoms with E-state index in [-0.39, 0.29) is 12.8 Å². The average molecular weight is 463 g/mol. The van der Waals surface area contributed by atoms with Crippen molar-refractivity contribution in [2.45, 2.75) is 30.1 Å². The maximum Gasteiger partial charge on any atom is 0.304 e. The second-order valence-corrected chi connectivity index (χ2v) is 9.08. The third kappa shape index (κ3) is 3.81. The highest BCUT2D eigenvalue weighted by atomic mass is 16.4. The van der Waals surface area contributed by atoms with Gasteiger partial charge in [-0.05, 0) is 33.4 Å². The van der Waals surface area contributed by atoms with E-state index in [0.717, 1.165) is 33.4 Å². The largest absolute Gasteiger partial charge is 0.481 e. The van der Waals surface area contributed by atoms with Crippen LogP contribution in [0.25, 0.3) is 11.1 Å². The van der Waals surface area contributed by atoms with E-state index in [9.17, 15) is 19.8 Å². The van der Waals surface area contributed by atoms with Gasteiger partial charge in [0.15, 0.2) is 0 Å². The van der Waals surface area contributed by atoms with Gasteiger partial charge in [-0.1, -0.05) is 109 Å². The first kappa shape index (κ1) is 22.6. The zero-order chi connectivity index (χ0) is 24.4. The monoisotopic (exact) mass is 462 g/mol. The van der Waals surface area contributed by atoms with Crippen molar-refractivity contribution >= 4 is 11.9 Å². The lowest BCUT2D eigenvalue weighted by Gasteiger charge is -2.45. The number of carboxylic acids is 2. The van der Waals surface area contributed by atoms with Gasteiger partial charge in [-0.2, -0.15) is 0 Å². The molecule has 1 aliphatic carbocycles. The quantitative estimate of drug-likeness (QED) is 0.315. The molecule has 4 heteroatoms. The van der Waals surface area contributed by atoms with Gasteiger partial charge in [0.25, 0.3) is 0 Å². The van der Waals surface area contributed by atoms with E-state index in [0.29, 0.717) is 0 Å². The number of rotatable bonds is 8. The Morgan fingerprint density at radius 3 is 1.26 bits per heavy atom. The fourth-order valence-corrected chi connectivity index (χ4v) is 6.10. The van der Waals surface area contributed by atoms with Crippen LogP contribution in [0.4, 0.5) is 0 Å². The van der Waals surface area contributed by atoms with Gasteiger partial charge < -0.3 is 10.2 Å². The first-order chi connectivity index (χ1) is 17.0. The number of carboxylic acid groups (broad SMARTS) is 2. The molecule has 0 radical (unpaired) electrons. The molecular formula is C31H26O4. The molecule has 0 saturated heterocycles. The highest BCUT2D eigenvalue weighted by Gasteiger charge is 2.55. The molecule has 2 atom stereocenters. The zero-order valence-electron chi connectivity index (χ0n) is 19.2. The van der Waals surface area contributed by atoms with Crippen molar-refractivity contribution in [1.82, 2.24) is 0 Å². The normalized spacial score (nSPS) is 15.0. The van der Waals surface area contributed by atoms with Gasteiger partial charge in [0.1, 0.15) is 0 Å². The number of aliphatic carboxylic acids is 2. The Kier molecular flexibility index (Phi) is 5.96.